The van der Waals surface area contributed by atoms with Gasteiger partial charge in [-0.3, -0.25) is 14.9 Å². The fourth-order valence-corrected chi connectivity index (χ4v) is 1.89. The Kier molecular flexibility index (Phi) is 3.67. The van der Waals surface area contributed by atoms with E-state index in [1.807, 2.05) is 6.07 Å². The molecule has 0 spiro atoms. The highest BCUT2D eigenvalue weighted by atomic mass is 35.5. The Hall–Kier alpha value is -2.13. The van der Waals surface area contributed by atoms with Crippen molar-refractivity contribution in [2.45, 2.75) is 18.9 Å². The number of carbonyl (C=O) groups excluding carboxylic acids is 1. The molecule has 7 heteroatoms. The molecule has 1 saturated carbocycles. The van der Waals surface area contributed by atoms with Crippen LogP contribution < -0.4 is 5.32 Å². The molecule has 1 N–H and O–H groups in total. The van der Waals surface area contributed by atoms with Gasteiger partial charge in [-0.2, -0.15) is 5.26 Å². The van der Waals surface area contributed by atoms with Crippen molar-refractivity contribution in [3.63, 3.8) is 0 Å². The lowest BCUT2D eigenvalue weighted by atomic mass is 10.1. The molecule has 1 amide bonds. The van der Waals surface area contributed by atoms with Crippen molar-refractivity contribution in [1.82, 2.24) is 5.32 Å². The number of nitro groups is 1. The highest BCUT2D eigenvalue weighted by Gasteiger charge is 2.32. The highest BCUT2D eigenvalue weighted by Crippen LogP contribution is 2.32. The van der Waals surface area contributed by atoms with Gasteiger partial charge < -0.3 is 5.32 Å². The summed E-state index contributed by atoms with van der Waals surface area (Å²) in [6.45, 7) is 0. The van der Waals surface area contributed by atoms with E-state index in [0.29, 0.717) is 0 Å². The molecule has 2 rings (SSSR count). The third-order valence-corrected chi connectivity index (χ3v) is 3.24. The molecule has 1 unspecified atom stereocenters. The fourth-order valence-electron chi connectivity index (χ4n) is 1.70. The molecular weight excluding hydrogens is 270 g/mol. The van der Waals surface area contributed by atoms with Crippen LogP contribution in [0.25, 0.3) is 0 Å². The number of rotatable bonds is 4. The number of hydrogen-bond acceptors (Lipinski definition) is 4. The van der Waals surface area contributed by atoms with E-state index in [1.54, 1.807) is 0 Å². The minimum Gasteiger partial charge on any atom is -0.336 e. The van der Waals surface area contributed by atoms with E-state index in [0.717, 1.165) is 18.9 Å². The maximum atomic E-state index is 11.9. The molecule has 1 aromatic rings. The Morgan fingerprint density at radius 2 is 2.26 bits per heavy atom. The lowest BCUT2D eigenvalue weighted by molar-refractivity contribution is -0.384. The second kappa shape index (κ2) is 5.24. The van der Waals surface area contributed by atoms with Crippen LogP contribution in [-0.2, 0) is 0 Å². The molecule has 0 heterocycles. The van der Waals surface area contributed by atoms with Crippen LogP contribution in [0, 0.1) is 27.4 Å². The predicted molar refractivity (Wildman–Crippen MR) is 67.7 cm³/mol. The third kappa shape index (κ3) is 3.01. The van der Waals surface area contributed by atoms with Crippen LogP contribution in [0.4, 0.5) is 5.69 Å². The van der Waals surface area contributed by atoms with Crippen molar-refractivity contribution < 1.29 is 9.72 Å². The molecule has 19 heavy (non-hydrogen) atoms. The second-order valence-corrected chi connectivity index (χ2v) is 4.75. The number of nitrogens with one attached hydrogen (secondary N) is 1. The smallest absolute Gasteiger partial charge is 0.288 e. The lowest BCUT2D eigenvalue weighted by Gasteiger charge is -2.10. The predicted octanol–water partition coefficient (Wildman–Crippen LogP) is 2.28. The van der Waals surface area contributed by atoms with E-state index in [-0.39, 0.29) is 22.2 Å². The second-order valence-electron chi connectivity index (χ2n) is 4.34. The van der Waals surface area contributed by atoms with Crippen molar-refractivity contribution in [3.05, 3.63) is 38.9 Å². The molecule has 1 aromatic carbocycles. The summed E-state index contributed by atoms with van der Waals surface area (Å²) in [5.74, 6) is -0.311. The summed E-state index contributed by atoms with van der Waals surface area (Å²) in [7, 11) is 0. The zero-order chi connectivity index (χ0) is 14.0. The van der Waals surface area contributed by atoms with Gasteiger partial charge >= 0.3 is 0 Å². The average Bonchev–Trinajstić information content (AvgIpc) is 3.20. The van der Waals surface area contributed by atoms with Crippen LogP contribution in [-0.4, -0.2) is 16.9 Å². The van der Waals surface area contributed by atoms with Crippen molar-refractivity contribution in [2.75, 3.05) is 0 Å². The largest absolute Gasteiger partial charge is 0.336 e. The zero-order valence-corrected chi connectivity index (χ0v) is 10.6. The van der Waals surface area contributed by atoms with Crippen molar-refractivity contribution >= 4 is 23.2 Å². The van der Waals surface area contributed by atoms with Gasteiger partial charge in [-0.05, 0) is 30.9 Å². The van der Waals surface area contributed by atoms with Gasteiger partial charge in [0.15, 0.2) is 0 Å². The molecule has 0 bridgehead atoms. The molecule has 98 valence electrons. The fraction of sp³-hybridized carbons (Fsp3) is 0.333. The average molecular weight is 280 g/mol. The molecule has 1 fully saturated rings. The molecule has 0 radical (unpaired) electrons. The Labute approximate surface area is 114 Å². The van der Waals surface area contributed by atoms with Crippen LogP contribution in [0.2, 0.25) is 5.02 Å². The molecule has 0 aliphatic heterocycles. The number of halogens is 1. The van der Waals surface area contributed by atoms with Crippen LogP contribution in [0.3, 0.4) is 0 Å². The lowest BCUT2D eigenvalue weighted by Crippen LogP contribution is -2.35. The van der Waals surface area contributed by atoms with Gasteiger partial charge in [-0.15, -0.1) is 0 Å². The van der Waals surface area contributed by atoms with Crippen molar-refractivity contribution in [1.29, 1.82) is 5.26 Å². The summed E-state index contributed by atoms with van der Waals surface area (Å²) < 4.78 is 0. The van der Waals surface area contributed by atoms with E-state index in [4.69, 9.17) is 16.9 Å². The molecule has 1 atom stereocenters. The SMILES string of the molecule is N#CC(NC(=O)c1ccc(Cl)c([N+](=O)[O-])c1)C1CC1. The molecule has 1 aliphatic rings. The molecule has 0 saturated heterocycles. The molecule has 6 nitrogen and oxygen atoms in total. The van der Waals surface area contributed by atoms with Gasteiger partial charge in [-0.1, -0.05) is 11.6 Å². The number of carbonyl (C=O) groups is 1. The van der Waals surface area contributed by atoms with Crippen LogP contribution in [0.5, 0.6) is 0 Å². The maximum absolute atomic E-state index is 11.9. The number of nitrogens with zero attached hydrogens (tertiary/aromatic N) is 2. The Morgan fingerprint density at radius 1 is 1.58 bits per heavy atom. The van der Waals surface area contributed by atoms with Crippen LogP contribution >= 0.6 is 11.6 Å². The minimum absolute atomic E-state index is 0.0272. The summed E-state index contributed by atoms with van der Waals surface area (Å²) in [6.07, 6.45) is 1.83. The number of hydrogen-bond donors (Lipinski definition) is 1. The van der Waals surface area contributed by atoms with Gasteiger partial charge in [0.25, 0.3) is 11.6 Å². The Morgan fingerprint density at radius 3 is 2.79 bits per heavy atom. The van der Waals surface area contributed by atoms with Gasteiger partial charge in [0.1, 0.15) is 11.1 Å². The number of nitro benzene ring substituents is 1. The highest BCUT2D eigenvalue weighted by molar-refractivity contribution is 6.32. The maximum Gasteiger partial charge on any atom is 0.288 e. The quantitative estimate of drug-likeness (QED) is 0.675. The Balaban J connectivity index is 2.17. The van der Waals surface area contributed by atoms with Crippen LogP contribution in [0.1, 0.15) is 23.2 Å². The van der Waals surface area contributed by atoms with Gasteiger partial charge in [0.05, 0.1) is 11.0 Å². The van der Waals surface area contributed by atoms with E-state index in [2.05, 4.69) is 5.32 Å². The summed E-state index contributed by atoms with van der Waals surface area (Å²) >= 11 is 5.66. The first-order valence-corrected chi connectivity index (χ1v) is 6.05. The normalized spacial score (nSPS) is 15.4. The van der Waals surface area contributed by atoms with Crippen molar-refractivity contribution in [2.24, 2.45) is 5.92 Å². The summed E-state index contributed by atoms with van der Waals surface area (Å²) in [6, 6.07) is 5.29. The van der Waals surface area contributed by atoms with Gasteiger partial charge in [0.2, 0.25) is 0 Å². The van der Waals surface area contributed by atoms with E-state index < -0.39 is 16.9 Å². The van der Waals surface area contributed by atoms with E-state index in [1.165, 1.54) is 12.1 Å². The van der Waals surface area contributed by atoms with Crippen molar-refractivity contribution in [3.8, 4) is 6.07 Å². The topological polar surface area (TPSA) is 96.0 Å². The molecule has 0 aromatic heterocycles. The monoisotopic (exact) mass is 279 g/mol. The third-order valence-electron chi connectivity index (χ3n) is 2.92. The standard InChI is InChI=1S/C12H10ClN3O3/c13-9-4-3-8(5-11(9)16(18)19)12(17)15-10(6-14)7-1-2-7/h3-5,7,10H,1-2H2,(H,15,17). The minimum atomic E-state index is -0.651. The number of nitriles is 1. The van der Waals surface area contributed by atoms with Gasteiger partial charge in [-0.25, -0.2) is 0 Å². The molecule has 1 aliphatic carbocycles. The summed E-state index contributed by atoms with van der Waals surface area (Å²) in [5.41, 5.74) is -0.203. The first kappa shape index (κ1) is 13.3. The van der Waals surface area contributed by atoms with Gasteiger partial charge in [0, 0.05) is 11.6 Å². The Bertz CT molecular complexity index is 578. The summed E-state index contributed by atoms with van der Waals surface area (Å²) in [4.78, 5) is 22.0. The summed E-state index contributed by atoms with van der Waals surface area (Å²) in [5, 5.41) is 22.2. The van der Waals surface area contributed by atoms with E-state index >= 15 is 0 Å². The first-order chi connectivity index (χ1) is 9.02. The first-order valence-electron chi connectivity index (χ1n) is 5.67. The zero-order valence-electron chi connectivity index (χ0n) is 9.80. The number of benzene rings is 1. The van der Waals surface area contributed by atoms with Crippen LogP contribution in [0.15, 0.2) is 18.2 Å². The molecular formula is C12H10ClN3O3. The number of amides is 1. The van der Waals surface area contributed by atoms with E-state index in [9.17, 15) is 14.9 Å².